The Hall–Kier alpha value is -1.39. The van der Waals surface area contributed by atoms with Crippen LogP contribution in [0.2, 0.25) is 0 Å². The summed E-state index contributed by atoms with van der Waals surface area (Å²) in [5.41, 5.74) is 2.28. The Balaban J connectivity index is 2.34. The van der Waals surface area contributed by atoms with E-state index in [2.05, 4.69) is 48.5 Å². The molecule has 2 rings (SSSR count). The van der Waals surface area contributed by atoms with Gasteiger partial charge in [0, 0.05) is 19.0 Å². The van der Waals surface area contributed by atoms with Crippen LogP contribution in [0.5, 0.6) is 0 Å². The third kappa shape index (κ3) is 2.71. The van der Waals surface area contributed by atoms with Gasteiger partial charge in [-0.1, -0.05) is 25.1 Å². The van der Waals surface area contributed by atoms with Crippen molar-refractivity contribution in [2.24, 2.45) is 0 Å². The molecule has 0 bridgehead atoms. The number of para-hydroxylation sites is 1. The number of benzene rings is 1. The first kappa shape index (κ1) is 13.1. The highest BCUT2D eigenvalue weighted by atomic mass is 16.5. The summed E-state index contributed by atoms with van der Waals surface area (Å²) in [4.78, 5) is 0. The number of nitrogens with one attached hydrogen (secondary N) is 1. The first-order valence-electron chi connectivity index (χ1n) is 6.44. The van der Waals surface area contributed by atoms with Crippen LogP contribution in [0.25, 0.3) is 10.9 Å². The molecule has 0 saturated carbocycles. The standard InChI is InChI=1S/C14H21N3O/c1-4-15-9-13-12-7-5-6-8-14(12)17(16-13)10-11(2)18-3/h5-8,11,15H,4,9-10H2,1-3H3. The molecule has 0 radical (unpaired) electrons. The lowest BCUT2D eigenvalue weighted by atomic mass is 10.2. The lowest BCUT2D eigenvalue weighted by Crippen LogP contribution is -2.17. The molecule has 4 nitrogen and oxygen atoms in total. The van der Waals surface area contributed by atoms with Crippen LogP contribution in [0.4, 0.5) is 0 Å². The van der Waals surface area contributed by atoms with Gasteiger partial charge in [0.2, 0.25) is 0 Å². The van der Waals surface area contributed by atoms with Crippen LogP contribution in [-0.2, 0) is 17.8 Å². The van der Waals surface area contributed by atoms with Crippen LogP contribution in [-0.4, -0.2) is 29.5 Å². The van der Waals surface area contributed by atoms with Gasteiger partial charge in [-0.15, -0.1) is 0 Å². The fraction of sp³-hybridized carbons (Fsp3) is 0.500. The van der Waals surface area contributed by atoms with Crippen LogP contribution >= 0.6 is 0 Å². The minimum atomic E-state index is 0.167. The largest absolute Gasteiger partial charge is 0.380 e. The summed E-state index contributed by atoms with van der Waals surface area (Å²) in [5, 5.41) is 9.24. The molecule has 0 aliphatic carbocycles. The fourth-order valence-corrected chi connectivity index (χ4v) is 2.03. The molecule has 0 spiro atoms. The molecule has 98 valence electrons. The molecule has 1 unspecified atom stereocenters. The zero-order valence-corrected chi connectivity index (χ0v) is 11.3. The second-order valence-electron chi connectivity index (χ2n) is 4.47. The quantitative estimate of drug-likeness (QED) is 0.850. The van der Waals surface area contributed by atoms with E-state index in [-0.39, 0.29) is 6.10 Å². The predicted octanol–water partition coefficient (Wildman–Crippen LogP) is 2.18. The zero-order chi connectivity index (χ0) is 13.0. The van der Waals surface area contributed by atoms with Gasteiger partial charge in [0.1, 0.15) is 0 Å². The zero-order valence-electron chi connectivity index (χ0n) is 11.3. The summed E-state index contributed by atoms with van der Waals surface area (Å²) >= 11 is 0. The Kier molecular flexibility index (Phi) is 4.33. The van der Waals surface area contributed by atoms with Gasteiger partial charge < -0.3 is 10.1 Å². The highest BCUT2D eigenvalue weighted by Crippen LogP contribution is 2.18. The van der Waals surface area contributed by atoms with Crippen molar-refractivity contribution < 1.29 is 4.74 Å². The topological polar surface area (TPSA) is 39.1 Å². The Labute approximate surface area is 108 Å². The number of ether oxygens (including phenoxy) is 1. The molecule has 1 atom stereocenters. The average Bonchev–Trinajstić information content (AvgIpc) is 2.75. The second kappa shape index (κ2) is 5.98. The molecule has 1 N–H and O–H groups in total. The third-order valence-electron chi connectivity index (χ3n) is 3.11. The Bertz CT molecular complexity index is 507. The number of fused-ring (bicyclic) bond motifs is 1. The maximum atomic E-state index is 5.32. The van der Waals surface area contributed by atoms with Crippen LogP contribution in [0.3, 0.4) is 0 Å². The maximum absolute atomic E-state index is 5.32. The molecular formula is C14H21N3O. The highest BCUT2D eigenvalue weighted by molar-refractivity contribution is 5.81. The second-order valence-corrected chi connectivity index (χ2v) is 4.47. The van der Waals surface area contributed by atoms with Crippen molar-refractivity contribution in [1.29, 1.82) is 0 Å². The lowest BCUT2D eigenvalue weighted by Gasteiger charge is -2.09. The van der Waals surface area contributed by atoms with Crippen molar-refractivity contribution in [3.05, 3.63) is 30.0 Å². The van der Waals surface area contributed by atoms with E-state index >= 15 is 0 Å². The molecule has 4 heteroatoms. The number of hydrogen-bond acceptors (Lipinski definition) is 3. The van der Waals surface area contributed by atoms with Gasteiger partial charge in [0.25, 0.3) is 0 Å². The van der Waals surface area contributed by atoms with E-state index in [0.717, 1.165) is 25.3 Å². The molecular weight excluding hydrogens is 226 g/mol. The Morgan fingerprint density at radius 3 is 2.89 bits per heavy atom. The van der Waals surface area contributed by atoms with Gasteiger partial charge in [0.15, 0.2) is 0 Å². The summed E-state index contributed by atoms with van der Waals surface area (Å²) < 4.78 is 7.35. The molecule has 0 aliphatic heterocycles. The van der Waals surface area contributed by atoms with Crippen LogP contribution in [0, 0.1) is 0 Å². The maximum Gasteiger partial charge on any atom is 0.0841 e. The molecule has 1 heterocycles. The van der Waals surface area contributed by atoms with Crippen LogP contribution < -0.4 is 5.32 Å². The molecule has 1 aromatic carbocycles. The van der Waals surface area contributed by atoms with Gasteiger partial charge >= 0.3 is 0 Å². The fourth-order valence-electron chi connectivity index (χ4n) is 2.03. The lowest BCUT2D eigenvalue weighted by molar-refractivity contribution is 0.101. The minimum absolute atomic E-state index is 0.167. The van der Waals surface area contributed by atoms with E-state index in [0.29, 0.717) is 0 Å². The molecule has 1 aromatic heterocycles. The number of aromatic nitrogens is 2. The Morgan fingerprint density at radius 2 is 2.17 bits per heavy atom. The smallest absolute Gasteiger partial charge is 0.0841 e. The molecule has 18 heavy (non-hydrogen) atoms. The number of rotatable bonds is 6. The first-order chi connectivity index (χ1) is 8.76. The van der Waals surface area contributed by atoms with Gasteiger partial charge in [-0.05, 0) is 19.5 Å². The Morgan fingerprint density at radius 1 is 1.39 bits per heavy atom. The van der Waals surface area contributed by atoms with Crippen molar-refractivity contribution in [3.8, 4) is 0 Å². The molecule has 0 aliphatic rings. The highest BCUT2D eigenvalue weighted by Gasteiger charge is 2.11. The number of hydrogen-bond donors (Lipinski definition) is 1. The summed E-state index contributed by atoms with van der Waals surface area (Å²) in [6, 6.07) is 8.35. The van der Waals surface area contributed by atoms with Gasteiger partial charge in [-0.2, -0.15) is 5.10 Å². The SMILES string of the molecule is CCNCc1nn(CC(C)OC)c2ccccc12. The van der Waals surface area contributed by atoms with Crippen molar-refractivity contribution in [3.63, 3.8) is 0 Å². The van der Waals surface area contributed by atoms with E-state index in [4.69, 9.17) is 4.74 Å². The summed E-state index contributed by atoms with van der Waals surface area (Å²) in [5.74, 6) is 0. The molecule has 0 saturated heterocycles. The number of nitrogens with zero attached hydrogens (tertiary/aromatic N) is 2. The summed E-state index contributed by atoms with van der Waals surface area (Å²) in [6.45, 7) is 6.71. The minimum Gasteiger partial charge on any atom is -0.380 e. The van der Waals surface area contributed by atoms with E-state index in [1.165, 1.54) is 10.9 Å². The first-order valence-corrected chi connectivity index (χ1v) is 6.44. The van der Waals surface area contributed by atoms with Crippen molar-refractivity contribution in [1.82, 2.24) is 15.1 Å². The van der Waals surface area contributed by atoms with Crippen LogP contribution in [0.15, 0.2) is 24.3 Å². The normalized spacial score (nSPS) is 13.1. The van der Waals surface area contributed by atoms with Gasteiger partial charge in [0.05, 0.1) is 23.9 Å². The predicted molar refractivity (Wildman–Crippen MR) is 73.6 cm³/mol. The van der Waals surface area contributed by atoms with E-state index in [9.17, 15) is 0 Å². The van der Waals surface area contributed by atoms with E-state index in [1.807, 2.05) is 4.68 Å². The van der Waals surface area contributed by atoms with Crippen LogP contribution in [0.1, 0.15) is 19.5 Å². The summed E-state index contributed by atoms with van der Waals surface area (Å²) in [7, 11) is 1.73. The van der Waals surface area contributed by atoms with E-state index < -0.39 is 0 Å². The van der Waals surface area contributed by atoms with Gasteiger partial charge in [-0.3, -0.25) is 4.68 Å². The number of methoxy groups -OCH3 is 1. The van der Waals surface area contributed by atoms with Crippen molar-refractivity contribution >= 4 is 10.9 Å². The van der Waals surface area contributed by atoms with Gasteiger partial charge in [-0.25, -0.2) is 0 Å². The summed E-state index contributed by atoms with van der Waals surface area (Å²) in [6.07, 6.45) is 0.167. The third-order valence-corrected chi connectivity index (χ3v) is 3.11. The monoisotopic (exact) mass is 247 g/mol. The van der Waals surface area contributed by atoms with Crippen molar-refractivity contribution in [2.45, 2.75) is 33.0 Å². The van der Waals surface area contributed by atoms with E-state index in [1.54, 1.807) is 7.11 Å². The molecule has 0 fully saturated rings. The average molecular weight is 247 g/mol. The van der Waals surface area contributed by atoms with Crippen molar-refractivity contribution in [2.75, 3.05) is 13.7 Å². The molecule has 2 aromatic rings. The molecule has 0 amide bonds.